The lowest BCUT2D eigenvalue weighted by Crippen LogP contribution is -2.50. The predicted octanol–water partition coefficient (Wildman–Crippen LogP) is 8.69. The zero-order valence-corrected chi connectivity index (χ0v) is 54.1. The van der Waals surface area contributed by atoms with Crippen LogP contribution in [0.1, 0.15) is 94.6 Å². The minimum atomic E-state index is -5.79. The third kappa shape index (κ3) is 20.4. The van der Waals surface area contributed by atoms with Crippen LogP contribution in [0, 0.1) is 31.6 Å². The van der Waals surface area contributed by atoms with Gasteiger partial charge in [-0.25, -0.2) is 18.5 Å². The van der Waals surface area contributed by atoms with Crippen molar-refractivity contribution in [2.45, 2.75) is 109 Å². The maximum atomic E-state index is 15.7. The third-order valence-electron chi connectivity index (χ3n) is 12.9. The van der Waals surface area contributed by atoms with Gasteiger partial charge in [-0.15, -0.1) is 5.11 Å². The number of benzene rings is 1. The molecule has 9 N–H and O–H groups in total. The number of hydrogen-bond donors (Lipinski definition) is 8. The van der Waals surface area contributed by atoms with Crippen molar-refractivity contribution in [2.24, 2.45) is 16.1 Å². The lowest BCUT2D eigenvalue weighted by molar-refractivity contribution is -0.362. The first kappa shape index (κ1) is 69.8. The van der Waals surface area contributed by atoms with Crippen LogP contribution in [0.3, 0.4) is 0 Å². The second kappa shape index (κ2) is 29.5. The minimum Gasteiger partial charge on any atom is -0.506 e. The number of nitrogen functional groups attached to an aromatic ring is 1. The summed E-state index contributed by atoms with van der Waals surface area (Å²) >= 11 is 0. The molecule has 1 fully saturated rings. The number of nitrogens with one attached hydrogen (secondary N) is 2. The average molecular weight is 1350 g/mol. The van der Waals surface area contributed by atoms with Crippen LogP contribution >= 0.6 is 66.6 Å². The van der Waals surface area contributed by atoms with E-state index < -0.39 is 71.8 Å². The van der Waals surface area contributed by atoms with Crippen LogP contribution < -0.4 is 22.1 Å². The summed E-state index contributed by atoms with van der Waals surface area (Å²) in [5.41, 5.74) is 9.33. The number of aromatic nitrogens is 3. The Hall–Kier alpha value is -4.68. The Labute approximate surface area is 516 Å². The number of ether oxygens (including phenoxy) is 3. The molecule has 474 valence electrons. The summed E-state index contributed by atoms with van der Waals surface area (Å²) in [5.74, 6) is 4.75. The number of rotatable bonds is 28. The van der Waals surface area contributed by atoms with Gasteiger partial charge in [0.15, 0.2) is 5.70 Å². The van der Waals surface area contributed by atoms with Crippen molar-refractivity contribution in [3.05, 3.63) is 111 Å². The molecule has 1 saturated heterocycles. The van der Waals surface area contributed by atoms with E-state index in [1.165, 1.54) is 55.4 Å². The molecule has 5 heterocycles. The van der Waals surface area contributed by atoms with Gasteiger partial charge in [0.1, 0.15) is 53.8 Å². The molecule has 1 aliphatic carbocycles. The van der Waals surface area contributed by atoms with Crippen LogP contribution in [-0.2, 0) is 57.1 Å². The highest BCUT2D eigenvalue weighted by molar-refractivity contribution is 8.77. The van der Waals surface area contributed by atoms with Crippen LogP contribution in [0.2, 0.25) is 0 Å². The fraction of sp³-hybridized carbons (Fsp3) is 0.471. The Balaban J connectivity index is 0.799. The molecule has 26 nitrogen and oxygen atoms in total. The van der Waals surface area contributed by atoms with Crippen LogP contribution in [0.5, 0.6) is 5.75 Å². The number of anilines is 1. The zero-order valence-electron chi connectivity index (χ0n) is 48.1. The number of hydrogen-bond acceptors (Lipinski definition) is 21. The largest absolute Gasteiger partial charge is 0.737 e. The number of carbonyl (C=O) groups is 2. The first-order valence-electron chi connectivity index (χ1n) is 26.7. The molecule has 0 saturated carbocycles. The summed E-state index contributed by atoms with van der Waals surface area (Å²) in [6, 6.07) is 6.64. The molecular weight excluding hydrogens is 1280 g/mol. The van der Waals surface area contributed by atoms with Crippen molar-refractivity contribution in [2.75, 3.05) is 43.9 Å². The molecule has 4 aliphatic rings. The average Bonchev–Trinajstić information content (AvgIpc) is 1.68. The Morgan fingerprint density at radius 3 is 2.44 bits per heavy atom. The van der Waals surface area contributed by atoms with Crippen molar-refractivity contribution in [3.8, 4) is 17.6 Å². The number of phosphoric acid groups is 3. The number of nitrogens with two attached hydrogens (primary N) is 1. The normalized spacial score (nSPS) is 20.5. The van der Waals surface area contributed by atoms with Crippen LogP contribution in [0.4, 0.5) is 20.1 Å². The number of nitrogens with zero attached hydrogens (tertiary/aromatic N) is 6. The molecule has 2 aromatic heterocycles. The monoisotopic (exact) mass is 1350 g/mol. The summed E-state index contributed by atoms with van der Waals surface area (Å²) in [4.78, 5) is 80.1. The number of aromatic hydroxyl groups is 1. The maximum Gasteiger partial charge on any atom is 0.737 e. The molecule has 0 radical (unpaired) electrons. The summed E-state index contributed by atoms with van der Waals surface area (Å²) in [5, 5.41) is 25.0. The van der Waals surface area contributed by atoms with E-state index >= 15 is 8.63 Å². The van der Waals surface area contributed by atoms with Crippen molar-refractivity contribution in [1.29, 1.82) is 0 Å². The van der Waals surface area contributed by atoms with Gasteiger partial charge in [-0.05, 0) is 81.6 Å². The number of carbonyl (C=O) groups excluding carboxylic acids is 2. The van der Waals surface area contributed by atoms with Crippen molar-refractivity contribution in [3.63, 3.8) is 0 Å². The molecule has 3 aliphatic heterocycles. The van der Waals surface area contributed by atoms with Crippen LogP contribution in [0.25, 0.3) is 6.08 Å². The van der Waals surface area contributed by atoms with E-state index in [1.54, 1.807) is 61.6 Å². The number of phenolic OH excluding ortho intramolecular Hbond substituents is 1. The summed E-state index contributed by atoms with van der Waals surface area (Å²) in [7, 11) is -11.2. The Kier molecular flexibility index (Phi) is 23.7. The molecule has 87 heavy (non-hydrogen) atoms. The number of aryl methyl sites for hydroxylation is 2. The molecule has 4 unspecified atom stereocenters. The van der Waals surface area contributed by atoms with E-state index in [1.807, 2.05) is 41.5 Å². The van der Waals surface area contributed by atoms with E-state index in [-0.39, 0.29) is 83.7 Å². The van der Waals surface area contributed by atoms with E-state index in [9.17, 15) is 43.0 Å². The number of fused-ring (bicyclic) bond motifs is 2. The van der Waals surface area contributed by atoms with E-state index in [0.717, 1.165) is 24.7 Å². The molecule has 36 heteroatoms. The number of phenols is 1. The Morgan fingerprint density at radius 2 is 1.74 bits per heavy atom. The molecular formula is C51H67BF2N9O17P3S4. The molecule has 0 bridgehead atoms. The van der Waals surface area contributed by atoms with E-state index in [0.29, 0.717) is 47.9 Å². The highest BCUT2D eigenvalue weighted by Gasteiger charge is 2.52. The van der Waals surface area contributed by atoms with Gasteiger partial charge in [-0.3, -0.25) is 18.7 Å². The van der Waals surface area contributed by atoms with Gasteiger partial charge in [-0.1, -0.05) is 94.0 Å². The number of azo groups is 1. The van der Waals surface area contributed by atoms with Gasteiger partial charge < -0.3 is 72.9 Å². The predicted molar refractivity (Wildman–Crippen MR) is 329 cm³/mol. The fourth-order valence-electron chi connectivity index (χ4n) is 9.04. The number of amides is 2. The first-order chi connectivity index (χ1) is 40.7. The highest BCUT2D eigenvalue weighted by atomic mass is 33.1. The molecule has 0 spiro atoms. The SMILES string of the molecule is Cc1cc(C)n2c1C=C1C=CC(CCC(=O)NCCc3ccc(N=NC4=CCC(C(=O)NCC(C)(C)SSCOCC#Cc5cn([C@H]6CC(OCSSC(C)(C)C)[C@@H](COP(=O)(O)OP(=O)(O)OP(=O)(O)O)O6)c(=O)nc5N)C=C4)c(O)c3)=[N+]1[B-]2(F)F. The maximum absolute atomic E-state index is 15.7. The number of phosphoric ester groups is 1. The van der Waals surface area contributed by atoms with Crippen molar-refractivity contribution >= 4 is 109 Å². The lowest BCUT2D eigenvalue weighted by Gasteiger charge is -2.30. The van der Waals surface area contributed by atoms with Gasteiger partial charge in [0, 0.05) is 72.0 Å². The standard InChI is InChI=1S/C51H67BF2N9O17P3S4/c1-32-23-33(2)62-41(32)25-39-16-15-38(63(39)52(62,53)54)17-19-45(65)56-21-20-34-10-18-40(42(64)24-34)60-59-37-13-11-35(12-14-37)48(66)57-29-51(6,7)87-84-30-75-22-8-9-36-27-61(49(67)58-47(36)55)46-26-43(76-31-85-86-50(3,4)5)44(78-46)28-77-82(71,72)80-83(73,74)79-81(68,69)70/h10-11,13-16,18,23-25,27,35,43-44,46,64H,12,17,19-22,26,28-31H2,1-7H3,(H,56,65)(H,57,66)(H,71,72)(H,73,74)(H2,55,58,67)(H2,68,69,70)/t35?,43?,44-,46-/m1/s1. The second-order valence-electron chi connectivity index (χ2n) is 21.6. The molecule has 1 aromatic carbocycles. The smallest absolute Gasteiger partial charge is 0.506 e. The molecule has 2 amide bonds. The molecule has 7 rings (SSSR count). The molecule has 3 aromatic rings. The highest BCUT2D eigenvalue weighted by Crippen LogP contribution is 2.66. The van der Waals surface area contributed by atoms with Gasteiger partial charge >= 0.3 is 36.1 Å². The summed E-state index contributed by atoms with van der Waals surface area (Å²) in [6.45, 7) is 8.97. The lowest BCUT2D eigenvalue weighted by atomic mass is 9.90. The van der Waals surface area contributed by atoms with Gasteiger partial charge in [-0.2, -0.15) is 18.7 Å². The first-order valence-corrected chi connectivity index (χ1v) is 35.9. The Morgan fingerprint density at radius 1 is 0.989 bits per heavy atom. The fourth-order valence-corrected chi connectivity index (χ4v) is 16.2. The number of allylic oxidation sites excluding steroid dienone is 4. The third-order valence-corrected chi connectivity index (χ3v) is 22.7. The second-order valence-corrected chi connectivity index (χ2v) is 32.0. The van der Waals surface area contributed by atoms with Crippen molar-refractivity contribution in [1.82, 2.24) is 24.7 Å². The Bertz CT molecular complexity index is 3560. The van der Waals surface area contributed by atoms with Crippen molar-refractivity contribution < 1.29 is 88.4 Å². The summed E-state index contributed by atoms with van der Waals surface area (Å²) in [6.07, 6.45) is 9.22. The van der Waals surface area contributed by atoms with Crippen LogP contribution in [-0.4, -0.2) is 128 Å². The number of halogens is 2. The minimum absolute atomic E-state index is 0.0216. The van der Waals surface area contributed by atoms with Gasteiger partial charge in [0.25, 0.3) is 0 Å². The quantitative estimate of drug-likeness (QED) is 0.00640. The van der Waals surface area contributed by atoms with E-state index in [2.05, 4.69) is 46.3 Å². The summed E-state index contributed by atoms with van der Waals surface area (Å²) < 4.78 is 99.6. The van der Waals surface area contributed by atoms with Gasteiger partial charge in [0.05, 0.1) is 29.9 Å². The van der Waals surface area contributed by atoms with Crippen LogP contribution in [0.15, 0.2) is 87.3 Å². The molecule has 6 atom stereocenters. The van der Waals surface area contributed by atoms with E-state index in [4.69, 9.17) is 34.3 Å². The zero-order chi connectivity index (χ0) is 63.7. The van der Waals surface area contributed by atoms with Gasteiger partial charge in [0.2, 0.25) is 11.8 Å². The topological polar surface area (TPSA) is 360 Å².